The molecule has 1 N–H and O–H groups in total. The Morgan fingerprint density at radius 3 is 2.90 bits per heavy atom. The second-order valence-corrected chi connectivity index (χ2v) is 6.58. The van der Waals surface area contributed by atoms with Gasteiger partial charge in [0.25, 0.3) is 0 Å². The van der Waals surface area contributed by atoms with Crippen molar-refractivity contribution < 1.29 is 0 Å². The molecule has 4 heteroatoms. The van der Waals surface area contributed by atoms with E-state index in [0.29, 0.717) is 12.0 Å². The van der Waals surface area contributed by atoms with Gasteiger partial charge in [0.2, 0.25) is 0 Å². The first-order valence-corrected chi connectivity index (χ1v) is 8.06. The first kappa shape index (κ1) is 13.7. The molecule has 1 aliphatic heterocycles. The average molecular weight is 287 g/mol. The van der Waals surface area contributed by atoms with Gasteiger partial charge in [-0.1, -0.05) is 37.3 Å². The maximum Gasteiger partial charge on any atom is 0.0794 e. The standard InChI is InChI=1S/C16H21N3S/c1-13-9-19(10-14-5-3-2-4-6-14)11-16(13)18-8-15-7-17-12-20-15/h2-7,12-13,16,18H,8-11H2,1H3/t13-,16+/m0/s1. The molecule has 2 heterocycles. The van der Waals surface area contributed by atoms with Gasteiger partial charge >= 0.3 is 0 Å². The van der Waals surface area contributed by atoms with Crippen LogP contribution in [0.5, 0.6) is 0 Å². The molecule has 1 aromatic heterocycles. The predicted octanol–water partition coefficient (Wildman–Crippen LogP) is 2.75. The first-order valence-electron chi connectivity index (χ1n) is 7.18. The molecule has 0 aliphatic carbocycles. The van der Waals surface area contributed by atoms with Gasteiger partial charge in [0.15, 0.2) is 0 Å². The van der Waals surface area contributed by atoms with Crippen molar-refractivity contribution in [1.29, 1.82) is 0 Å². The van der Waals surface area contributed by atoms with Crippen LogP contribution in [-0.2, 0) is 13.1 Å². The molecular formula is C16H21N3S. The Bertz CT molecular complexity index is 512. The highest BCUT2D eigenvalue weighted by Crippen LogP contribution is 2.19. The summed E-state index contributed by atoms with van der Waals surface area (Å²) in [6, 6.07) is 11.3. The third kappa shape index (κ3) is 3.45. The minimum atomic E-state index is 0.584. The molecule has 0 saturated carbocycles. The maximum absolute atomic E-state index is 4.13. The van der Waals surface area contributed by atoms with Crippen molar-refractivity contribution in [3.63, 3.8) is 0 Å². The number of likely N-dealkylation sites (tertiary alicyclic amines) is 1. The number of thiazole rings is 1. The summed E-state index contributed by atoms with van der Waals surface area (Å²) < 4.78 is 0. The van der Waals surface area contributed by atoms with E-state index in [1.165, 1.54) is 17.0 Å². The van der Waals surface area contributed by atoms with Crippen LogP contribution < -0.4 is 5.32 Å². The van der Waals surface area contributed by atoms with Crippen molar-refractivity contribution in [1.82, 2.24) is 15.2 Å². The minimum absolute atomic E-state index is 0.584. The molecule has 0 bridgehead atoms. The number of nitrogens with one attached hydrogen (secondary N) is 1. The molecule has 106 valence electrons. The van der Waals surface area contributed by atoms with E-state index >= 15 is 0 Å². The van der Waals surface area contributed by atoms with E-state index in [1.54, 1.807) is 11.3 Å². The number of nitrogens with zero attached hydrogens (tertiary/aromatic N) is 2. The van der Waals surface area contributed by atoms with Gasteiger partial charge in [-0.3, -0.25) is 9.88 Å². The van der Waals surface area contributed by atoms with Crippen LogP contribution in [-0.4, -0.2) is 29.0 Å². The van der Waals surface area contributed by atoms with Crippen LogP contribution in [0, 0.1) is 5.92 Å². The molecule has 2 atom stereocenters. The number of rotatable bonds is 5. The lowest BCUT2D eigenvalue weighted by atomic mass is 10.1. The van der Waals surface area contributed by atoms with Crippen molar-refractivity contribution >= 4 is 11.3 Å². The highest BCUT2D eigenvalue weighted by Gasteiger charge is 2.28. The lowest BCUT2D eigenvalue weighted by molar-refractivity contribution is 0.316. The smallest absolute Gasteiger partial charge is 0.0794 e. The molecule has 1 saturated heterocycles. The molecule has 0 radical (unpaired) electrons. The largest absolute Gasteiger partial charge is 0.307 e. The van der Waals surface area contributed by atoms with E-state index in [0.717, 1.165) is 19.6 Å². The van der Waals surface area contributed by atoms with Gasteiger partial charge < -0.3 is 5.32 Å². The Morgan fingerprint density at radius 1 is 1.30 bits per heavy atom. The van der Waals surface area contributed by atoms with Gasteiger partial charge in [0, 0.05) is 43.3 Å². The summed E-state index contributed by atoms with van der Waals surface area (Å²) in [6.07, 6.45) is 1.96. The Hall–Kier alpha value is -1.23. The third-order valence-corrected chi connectivity index (χ3v) is 4.74. The molecule has 3 rings (SSSR count). The lowest BCUT2D eigenvalue weighted by Gasteiger charge is -2.17. The Balaban J connectivity index is 1.51. The number of hydrogen-bond donors (Lipinski definition) is 1. The van der Waals surface area contributed by atoms with Crippen LogP contribution in [0.15, 0.2) is 42.0 Å². The van der Waals surface area contributed by atoms with E-state index in [1.807, 2.05) is 11.7 Å². The Morgan fingerprint density at radius 2 is 2.15 bits per heavy atom. The van der Waals surface area contributed by atoms with Crippen LogP contribution in [0.25, 0.3) is 0 Å². The highest BCUT2D eigenvalue weighted by atomic mass is 32.1. The molecule has 3 nitrogen and oxygen atoms in total. The van der Waals surface area contributed by atoms with Crippen LogP contribution in [0.1, 0.15) is 17.4 Å². The van der Waals surface area contributed by atoms with Gasteiger partial charge in [0.05, 0.1) is 5.51 Å². The average Bonchev–Trinajstić information content (AvgIpc) is 3.08. The molecule has 1 aliphatic rings. The summed E-state index contributed by atoms with van der Waals surface area (Å²) in [5.74, 6) is 0.701. The van der Waals surface area contributed by atoms with Gasteiger partial charge in [0.1, 0.15) is 0 Å². The number of benzene rings is 1. The monoisotopic (exact) mass is 287 g/mol. The van der Waals surface area contributed by atoms with Crippen molar-refractivity contribution in [3.8, 4) is 0 Å². The summed E-state index contributed by atoms with van der Waals surface area (Å²) in [5, 5.41) is 3.68. The quantitative estimate of drug-likeness (QED) is 0.916. The van der Waals surface area contributed by atoms with E-state index in [-0.39, 0.29) is 0 Å². The third-order valence-electron chi connectivity index (χ3n) is 3.96. The van der Waals surface area contributed by atoms with E-state index in [9.17, 15) is 0 Å². The first-order chi connectivity index (χ1) is 9.81. The lowest BCUT2D eigenvalue weighted by Crippen LogP contribution is -2.34. The fourth-order valence-corrected chi connectivity index (χ4v) is 3.41. The second kappa shape index (κ2) is 6.48. The summed E-state index contributed by atoms with van der Waals surface area (Å²) in [6.45, 7) is 6.65. The fraction of sp³-hybridized carbons (Fsp3) is 0.438. The molecule has 0 amide bonds. The van der Waals surface area contributed by atoms with Gasteiger partial charge in [-0.25, -0.2) is 0 Å². The second-order valence-electron chi connectivity index (χ2n) is 5.61. The minimum Gasteiger partial charge on any atom is -0.307 e. The summed E-state index contributed by atoms with van der Waals surface area (Å²) in [7, 11) is 0. The summed E-state index contributed by atoms with van der Waals surface area (Å²) in [4.78, 5) is 7.99. The zero-order valence-corrected chi connectivity index (χ0v) is 12.6. The van der Waals surface area contributed by atoms with E-state index < -0.39 is 0 Å². The van der Waals surface area contributed by atoms with Crippen LogP contribution >= 0.6 is 11.3 Å². The summed E-state index contributed by atoms with van der Waals surface area (Å²) in [5.41, 5.74) is 3.30. The van der Waals surface area contributed by atoms with Crippen LogP contribution in [0.2, 0.25) is 0 Å². The predicted molar refractivity (Wildman–Crippen MR) is 83.6 cm³/mol. The van der Waals surface area contributed by atoms with Crippen molar-refractivity contribution in [2.45, 2.75) is 26.1 Å². The molecule has 0 spiro atoms. The topological polar surface area (TPSA) is 28.2 Å². The zero-order valence-electron chi connectivity index (χ0n) is 11.8. The Kier molecular flexibility index (Phi) is 4.45. The van der Waals surface area contributed by atoms with Gasteiger partial charge in [-0.15, -0.1) is 11.3 Å². The van der Waals surface area contributed by atoms with Crippen molar-refractivity contribution in [2.75, 3.05) is 13.1 Å². The SMILES string of the molecule is C[C@H]1CN(Cc2ccccc2)C[C@H]1NCc1cncs1. The molecule has 2 aromatic rings. The van der Waals surface area contributed by atoms with E-state index in [2.05, 4.69) is 52.5 Å². The molecule has 1 aromatic carbocycles. The fourth-order valence-electron chi connectivity index (χ4n) is 2.86. The van der Waals surface area contributed by atoms with Crippen LogP contribution in [0.4, 0.5) is 0 Å². The highest BCUT2D eigenvalue weighted by molar-refractivity contribution is 7.09. The number of hydrogen-bond acceptors (Lipinski definition) is 4. The zero-order chi connectivity index (χ0) is 13.8. The maximum atomic E-state index is 4.13. The molecule has 0 unspecified atom stereocenters. The molecule has 20 heavy (non-hydrogen) atoms. The van der Waals surface area contributed by atoms with Crippen molar-refractivity contribution in [3.05, 3.63) is 52.5 Å². The van der Waals surface area contributed by atoms with Gasteiger partial charge in [-0.05, 0) is 11.5 Å². The Labute approximate surface area is 124 Å². The van der Waals surface area contributed by atoms with Gasteiger partial charge in [-0.2, -0.15) is 0 Å². The molecule has 1 fully saturated rings. The van der Waals surface area contributed by atoms with Crippen LogP contribution in [0.3, 0.4) is 0 Å². The molecular weight excluding hydrogens is 266 g/mol. The number of aromatic nitrogens is 1. The van der Waals surface area contributed by atoms with E-state index in [4.69, 9.17) is 0 Å². The summed E-state index contributed by atoms with van der Waals surface area (Å²) >= 11 is 1.72. The van der Waals surface area contributed by atoms with Crippen molar-refractivity contribution in [2.24, 2.45) is 5.92 Å². The normalized spacial score (nSPS) is 23.2.